The zero-order valence-electron chi connectivity index (χ0n) is 12.3. The fraction of sp³-hybridized carbons (Fsp3) is 0.529. The molecule has 0 bridgehead atoms. The van der Waals surface area contributed by atoms with Gasteiger partial charge in [0.25, 0.3) is 5.91 Å². The van der Waals surface area contributed by atoms with Gasteiger partial charge in [-0.3, -0.25) is 4.79 Å². The molecule has 4 nitrogen and oxygen atoms in total. The third-order valence-corrected chi connectivity index (χ3v) is 5.13. The summed E-state index contributed by atoms with van der Waals surface area (Å²) in [6.07, 6.45) is 12.7. The molecule has 0 aromatic carbocycles. The SMILES string of the molecule is Nc1nn(C(=O)C2CCCC3=C2C=CC3)c2c1CCCC2. The summed E-state index contributed by atoms with van der Waals surface area (Å²) in [7, 11) is 0. The summed E-state index contributed by atoms with van der Waals surface area (Å²) >= 11 is 0. The number of anilines is 1. The number of hydrogen-bond donors (Lipinski definition) is 1. The van der Waals surface area contributed by atoms with Crippen LogP contribution in [0.5, 0.6) is 0 Å². The lowest BCUT2D eigenvalue weighted by molar-refractivity contribution is 0.0825. The number of carbonyl (C=O) groups excluding carboxylic acids is 1. The van der Waals surface area contributed by atoms with Gasteiger partial charge in [0.05, 0.1) is 11.6 Å². The van der Waals surface area contributed by atoms with Crippen molar-refractivity contribution in [2.45, 2.75) is 51.4 Å². The van der Waals surface area contributed by atoms with Gasteiger partial charge in [-0.1, -0.05) is 17.7 Å². The molecule has 110 valence electrons. The van der Waals surface area contributed by atoms with E-state index in [1.54, 1.807) is 4.68 Å². The molecule has 1 unspecified atom stereocenters. The molecule has 1 atom stereocenters. The number of allylic oxidation sites excluding steroid dienone is 4. The molecule has 4 heteroatoms. The maximum atomic E-state index is 13.0. The topological polar surface area (TPSA) is 60.9 Å². The number of nitrogen functional groups attached to an aromatic ring is 1. The van der Waals surface area contributed by atoms with E-state index in [9.17, 15) is 4.79 Å². The molecule has 0 aliphatic heterocycles. The fourth-order valence-corrected chi connectivity index (χ4v) is 4.06. The van der Waals surface area contributed by atoms with Crippen LogP contribution in [0.2, 0.25) is 0 Å². The van der Waals surface area contributed by atoms with Crippen LogP contribution >= 0.6 is 0 Å². The van der Waals surface area contributed by atoms with E-state index in [2.05, 4.69) is 17.3 Å². The standard InChI is InChI=1S/C17H21N3O/c18-16-14-7-1-2-10-15(14)20(19-16)17(21)13-9-4-6-11-5-3-8-12(11)13/h3,8,13H,1-2,4-7,9-10H2,(H2,18,19). The van der Waals surface area contributed by atoms with E-state index < -0.39 is 0 Å². The van der Waals surface area contributed by atoms with Crippen LogP contribution in [0.15, 0.2) is 23.3 Å². The molecule has 0 saturated carbocycles. The van der Waals surface area contributed by atoms with Crippen molar-refractivity contribution in [1.29, 1.82) is 0 Å². The van der Waals surface area contributed by atoms with Crippen LogP contribution in [-0.4, -0.2) is 15.7 Å². The Morgan fingerprint density at radius 2 is 2.10 bits per heavy atom. The normalized spacial score (nSPS) is 24.1. The van der Waals surface area contributed by atoms with Gasteiger partial charge in [-0.25, -0.2) is 4.68 Å². The number of hydrogen-bond acceptors (Lipinski definition) is 3. The number of fused-ring (bicyclic) bond motifs is 1. The highest BCUT2D eigenvalue weighted by Crippen LogP contribution is 2.38. The number of aromatic nitrogens is 2. The summed E-state index contributed by atoms with van der Waals surface area (Å²) in [5.74, 6) is 0.673. The second kappa shape index (κ2) is 4.86. The fourth-order valence-electron chi connectivity index (χ4n) is 4.06. The predicted molar refractivity (Wildman–Crippen MR) is 82.0 cm³/mol. The molecule has 0 saturated heterocycles. The molecule has 0 radical (unpaired) electrons. The zero-order chi connectivity index (χ0) is 14.4. The highest BCUT2D eigenvalue weighted by molar-refractivity contribution is 5.86. The molecule has 4 rings (SSSR count). The first-order valence-corrected chi connectivity index (χ1v) is 8.04. The van der Waals surface area contributed by atoms with Gasteiger partial charge in [-0.15, -0.1) is 5.10 Å². The van der Waals surface area contributed by atoms with E-state index in [0.717, 1.165) is 62.6 Å². The number of nitrogens with two attached hydrogens (primary N) is 1. The van der Waals surface area contributed by atoms with Crippen LogP contribution < -0.4 is 5.73 Å². The van der Waals surface area contributed by atoms with Crippen molar-refractivity contribution in [1.82, 2.24) is 9.78 Å². The molecule has 1 heterocycles. The number of carbonyl (C=O) groups is 1. The van der Waals surface area contributed by atoms with Crippen molar-refractivity contribution in [2.24, 2.45) is 5.92 Å². The van der Waals surface area contributed by atoms with Crippen molar-refractivity contribution in [2.75, 3.05) is 5.73 Å². The van der Waals surface area contributed by atoms with E-state index in [4.69, 9.17) is 5.73 Å². The summed E-state index contributed by atoms with van der Waals surface area (Å²) in [6, 6.07) is 0. The van der Waals surface area contributed by atoms with E-state index >= 15 is 0 Å². The average Bonchev–Trinajstić information content (AvgIpc) is 3.11. The first-order chi connectivity index (χ1) is 10.3. The Morgan fingerprint density at radius 3 is 3.00 bits per heavy atom. The highest BCUT2D eigenvalue weighted by atomic mass is 16.2. The Labute approximate surface area is 124 Å². The lowest BCUT2D eigenvalue weighted by atomic mass is 9.83. The lowest BCUT2D eigenvalue weighted by Gasteiger charge is -2.24. The van der Waals surface area contributed by atoms with E-state index in [1.807, 2.05) is 0 Å². The molecule has 3 aliphatic rings. The van der Waals surface area contributed by atoms with Crippen LogP contribution in [0.4, 0.5) is 5.82 Å². The van der Waals surface area contributed by atoms with E-state index in [1.165, 1.54) is 11.1 Å². The van der Waals surface area contributed by atoms with Gasteiger partial charge in [0.1, 0.15) is 5.82 Å². The highest BCUT2D eigenvalue weighted by Gasteiger charge is 2.32. The Kier molecular flexibility index (Phi) is 2.98. The summed E-state index contributed by atoms with van der Waals surface area (Å²) < 4.78 is 1.64. The largest absolute Gasteiger partial charge is 0.382 e. The molecule has 0 fully saturated rings. The molecule has 2 N–H and O–H groups in total. The second-order valence-corrected chi connectivity index (χ2v) is 6.38. The van der Waals surface area contributed by atoms with Crippen molar-refractivity contribution in [3.05, 3.63) is 34.6 Å². The Hall–Kier alpha value is -1.84. The Balaban J connectivity index is 1.72. The number of rotatable bonds is 1. The minimum absolute atomic E-state index is 0.0159. The summed E-state index contributed by atoms with van der Waals surface area (Å²) in [4.78, 5) is 13.0. The van der Waals surface area contributed by atoms with Gasteiger partial charge in [0.15, 0.2) is 0 Å². The molecule has 1 aromatic rings. The number of nitrogens with zero attached hydrogens (tertiary/aromatic N) is 2. The third-order valence-electron chi connectivity index (χ3n) is 5.13. The van der Waals surface area contributed by atoms with Gasteiger partial charge >= 0.3 is 0 Å². The van der Waals surface area contributed by atoms with Gasteiger partial charge < -0.3 is 5.73 Å². The summed E-state index contributed by atoms with van der Waals surface area (Å²) in [6.45, 7) is 0. The van der Waals surface area contributed by atoms with Crippen molar-refractivity contribution < 1.29 is 4.79 Å². The predicted octanol–water partition coefficient (Wildman–Crippen LogP) is 3.04. The van der Waals surface area contributed by atoms with E-state index in [-0.39, 0.29) is 11.8 Å². The summed E-state index contributed by atoms with van der Waals surface area (Å²) in [5.41, 5.74) is 10.9. The third kappa shape index (κ3) is 1.96. The van der Waals surface area contributed by atoms with Crippen LogP contribution in [0.25, 0.3) is 0 Å². The lowest BCUT2D eigenvalue weighted by Crippen LogP contribution is -2.28. The van der Waals surface area contributed by atoms with Crippen LogP contribution in [0, 0.1) is 5.92 Å². The molecule has 0 amide bonds. The zero-order valence-corrected chi connectivity index (χ0v) is 12.3. The van der Waals surface area contributed by atoms with Crippen molar-refractivity contribution in [3.8, 4) is 0 Å². The Bertz CT molecular complexity index is 666. The second-order valence-electron chi connectivity index (χ2n) is 6.38. The Morgan fingerprint density at radius 1 is 1.24 bits per heavy atom. The molecule has 3 aliphatic carbocycles. The molecule has 21 heavy (non-hydrogen) atoms. The quantitative estimate of drug-likeness (QED) is 0.861. The van der Waals surface area contributed by atoms with Crippen molar-refractivity contribution >= 4 is 11.7 Å². The monoisotopic (exact) mass is 283 g/mol. The average molecular weight is 283 g/mol. The van der Waals surface area contributed by atoms with Crippen molar-refractivity contribution in [3.63, 3.8) is 0 Å². The van der Waals surface area contributed by atoms with Crippen LogP contribution in [0.1, 0.15) is 54.6 Å². The van der Waals surface area contributed by atoms with Gasteiger partial charge in [0.2, 0.25) is 0 Å². The molecule has 1 aromatic heterocycles. The van der Waals surface area contributed by atoms with Crippen LogP contribution in [0.3, 0.4) is 0 Å². The first-order valence-electron chi connectivity index (χ1n) is 8.04. The maximum absolute atomic E-state index is 13.0. The smallest absolute Gasteiger partial charge is 0.254 e. The van der Waals surface area contributed by atoms with Gasteiger partial charge in [0, 0.05) is 5.56 Å². The molecule has 0 spiro atoms. The van der Waals surface area contributed by atoms with Gasteiger partial charge in [-0.2, -0.15) is 0 Å². The van der Waals surface area contributed by atoms with E-state index in [0.29, 0.717) is 5.82 Å². The molecular formula is C17H21N3O. The van der Waals surface area contributed by atoms with Gasteiger partial charge in [-0.05, 0) is 56.9 Å². The minimum atomic E-state index is -0.0159. The van der Waals surface area contributed by atoms with Crippen LogP contribution in [-0.2, 0) is 12.8 Å². The summed E-state index contributed by atoms with van der Waals surface area (Å²) in [5, 5.41) is 4.38. The minimum Gasteiger partial charge on any atom is -0.382 e. The molecular weight excluding hydrogens is 262 g/mol. The maximum Gasteiger partial charge on any atom is 0.254 e. The first kappa shape index (κ1) is 12.9.